The van der Waals surface area contributed by atoms with Gasteiger partial charge in [0.1, 0.15) is 6.61 Å². The van der Waals surface area contributed by atoms with Crippen LogP contribution in [0.2, 0.25) is 0 Å². The van der Waals surface area contributed by atoms with Crippen molar-refractivity contribution in [3.8, 4) is 28.4 Å². The molecule has 1 unspecified atom stereocenters. The Balaban J connectivity index is 1.56. The number of anilines is 1. The molecular formula is C19H14F3N3O4. The van der Waals surface area contributed by atoms with Gasteiger partial charge < -0.3 is 19.5 Å². The molecule has 0 aliphatic carbocycles. The number of ether oxygens (including phenoxy) is 3. The van der Waals surface area contributed by atoms with Gasteiger partial charge in [-0.2, -0.15) is 5.10 Å². The van der Waals surface area contributed by atoms with Gasteiger partial charge in [-0.15, -0.1) is 13.2 Å². The van der Waals surface area contributed by atoms with Gasteiger partial charge >= 0.3 is 6.36 Å². The SMILES string of the molecule is O=C(Nc1ccc(-c2cn[nH]c2)cc1OC(F)(F)F)C1COc2ccccc2O1. The lowest BCUT2D eigenvalue weighted by Crippen LogP contribution is -2.40. The number of alkyl halides is 3. The first-order chi connectivity index (χ1) is 13.9. The molecular weight excluding hydrogens is 391 g/mol. The van der Waals surface area contributed by atoms with Crippen molar-refractivity contribution in [2.45, 2.75) is 12.5 Å². The molecule has 10 heteroatoms. The minimum absolute atomic E-state index is 0.0780. The highest BCUT2D eigenvalue weighted by Crippen LogP contribution is 2.35. The van der Waals surface area contributed by atoms with Crippen LogP contribution in [0.3, 0.4) is 0 Å². The first-order valence-electron chi connectivity index (χ1n) is 8.47. The summed E-state index contributed by atoms with van der Waals surface area (Å²) in [7, 11) is 0. The largest absolute Gasteiger partial charge is 0.573 e. The molecule has 3 aromatic rings. The smallest absolute Gasteiger partial charge is 0.485 e. The van der Waals surface area contributed by atoms with Crippen LogP contribution in [0.25, 0.3) is 11.1 Å². The minimum Gasteiger partial charge on any atom is -0.485 e. The number of carbonyl (C=O) groups is 1. The lowest BCUT2D eigenvalue weighted by Gasteiger charge is -2.26. The van der Waals surface area contributed by atoms with Gasteiger partial charge in [0.2, 0.25) is 6.10 Å². The van der Waals surface area contributed by atoms with Gasteiger partial charge in [-0.05, 0) is 29.8 Å². The lowest BCUT2D eigenvalue weighted by atomic mass is 10.1. The molecule has 2 aromatic carbocycles. The van der Waals surface area contributed by atoms with Crippen LogP contribution < -0.4 is 19.5 Å². The van der Waals surface area contributed by atoms with E-state index in [2.05, 4.69) is 20.3 Å². The summed E-state index contributed by atoms with van der Waals surface area (Å²) in [5, 5.41) is 8.76. The average Bonchev–Trinajstić information content (AvgIpc) is 3.22. The minimum atomic E-state index is -4.93. The number of fused-ring (bicyclic) bond motifs is 1. The average molecular weight is 405 g/mol. The number of para-hydroxylation sites is 2. The third-order valence-corrected chi connectivity index (χ3v) is 4.10. The van der Waals surface area contributed by atoms with E-state index >= 15 is 0 Å². The number of carbonyl (C=O) groups excluding carboxylic acids is 1. The second-order valence-electron chi connectivity index (χ2n) is 6.10. The molecule has 1 aromatic heterocycles. The molecule has 150 valence electrons. The zero-order chi connectivity index (χ0) is 20.4. The van der Waals surface area contributed by atoms with E-state index < -0.39 is 24.1 Å². The van der Waals surface area contributed by atoms with Gasteiger partial charge in [0, 0.05) is 11.8 Å². The first-order valence-corrected chi connectivity index (χ1v) is 8.47. The Labute approximate surface area is 162 Å². The monoisotopic (exact) mass is 405 g/mol. The van der Waals surface area contributed by atoms with E-state index in [1.807, 2.05) is 0 Å². The summed E-state index contributed by atoms with van der Waals surface area (Å²) >= 11 is 0. The first kappa shape index (κ1) is 18.7. The molecule has 2 N–H and O–H groups in total. The number of benzene rings is 2. The molecule has 0 saturated carbocycles. The summed E-state index contributed by atoms with van der Waals surface area (Å²) in [5.41, 5.74) is 0.847. The van der Waals surface area contributed by atoms with E-state index in [1.54, 1.807) is 24.3 Å². The number of H-pyrrole nitrogens is 1. The molecule has 1 amide bonds. The molecule has 2 heterocycles. The molecule has 0 saturated heterocycles. The van der Waals surface area contributed by atoms with E-state index in [-0.39, 0.29) is 12.3 Å². The van der Waals surface area contributed by atoms with Crippen LogP contribution in [-0.4, -0.2) is 35.2 Å². The Morgan fingerprint density at radius 1 is 1.17 bits per heavy atom. The molecule has 0 fully saturated rings. The Morgan fingerprint density at radius 3 is 2.69 bits per heavy atom. The molecule has 1 atom stereocenters. The molecule has 29 heavy (non-hydrogen) atoms. The quantitative estimate of drug-likeness (QED) is 0.691. The number of hydrogen-bond donors (Lipinski definition) is 2. The predicted molar refractivity (Wildman–Crippen MR) is 95.7 cm³/mol. The molecule has 1 aliphatic rings. The summed E-state index contributed by atoms with van der Waals surface area (Å²) < 4.78 is 53.7. The van der Waals surface area contributed by atoms with Crippen LogP contribution in [0.15, 0.2) is 54.9 Å². The maximum absolute atomic E-state index is 12.9. The highest BCUT2D eigenvalue weighted by molar-refractivity contribution is 5.96. The number of halogens is 3. The highest BCUT2D eigenvalue weighted by Gasteiger charge is 2.33. The van der Waals surface area contributed by atoms with Gasteiger partial charge in [-0.1, -0.05) is 18.2 Å². The summed E-state index contributed by atoms with van der Waals surface area (Å²) in [5.74, 6) is -0.354. The van der Waals surface area contributed by atoms with Gasteiger partial charge in [-0.25, -0.2) is 0 Å². The van der Waals surface area contributed by atoms with Crippen LogP contribution in [0, 0.1) is 0 Å². The Morgan fingerprint density at radius 2 is 1.97 bits per heavy atom. The Kier molecular flexibility index (Phi) is 4.75. The van der Waals surface area contributed by atoms with E-state index in [4.69, 9.17) is 9.47 Å². The van der Waals surface area contributed by atoms with Crippen molar-refractivity contribution < 1.29 is 32.2 Å². The summed E-state index contributed by atoms with van der Waals surface area (Å²) in [6.07, 6.45) is -2.99. The number of aromatic amines is 1. The lowest BCUT2D eigenvalue weighted by molar-refractivity contribution is -0.274. The van der Waals surface area contributed by atoms with Crippen molar-refractivity contribution in [1.29, 1.82) is 0 Å². The molecule has 0 spiro atoms. The molecule has 0 radical (unpaired) electrons. The van der Waals surface area contributed by atoms with Crippen LogP contribution in [0.4, 0.5) is 18.9 Å². The number of amides is 1. The number of hydrogen-bond acceptors (Lipinski definition) is 5. The van der Waals surface area contributed by atoms with Crippen molar-refractivity contribution in [2.75, 3.05) is 11.9 Å². The van der Waals surface area contributed by atoms with E-state index in [9.17, 15) is 18.0 Å². The fourth-order valence-electron chi connectivity index (χ4n) is 2.78. The van der Waals surface area contributed by atoms with Crippen molar-refractivity contribution in [2.24, 2.45) is 0 Å². The molecule has 4 rings (SSSR count). The number of aromatic nitrogens is 2. The number of nitrogens with one attached hydrogen (secondary N) is 2. The van der Waals surface area contributed by atoms with Gasteiger partial charge in [-0.3, -0.25) is 9.89 Å². The topological polar surface area (TPSA) is 85.5 Å². The van der Waals surface area contributed by atoms with Crippen LogP contribution in [0.5, 0.6) is 17.2 Å². The Hall–Kier alpha value is -3.69. The fourth-order valence-corrected chi connectivity index (χ4v) is 2.78. The van der Waals surface area contributed by atoms with Crippen molar-refractivity contribution >= 4 is 11.6 Å². The van der Waals surface area contributed by atoms with E-state index in [1.165, 1.54) is 30.6 Å². The standard InChI is InChI=1S/C19H14F3N3O4/c20-19(21,22)29-16-7-11(12-8-23-24-9-12)5-6-13(16)25-18(26)17-10-27-14-3-1-2-4-15(14)28-17/h1-9,17H,10H2,(H,23,24)(H,25,26). The van der Waals surface area contributed by atoms with Crippen molar-refractivity contribution in [3.63, 3.8) is 0 Å². The zero-order valence-electron chi connectivity index (χ0n) is 14.7. The van der Waals surface area contributed by atoms with E-state index in [0.717, 1.165) is 0 Å². The van der Waals surface area contributed by atoms with Gasteiger partial charge in [0.25, 0.3) is 5.91 Å². The van der Waals surface area contributed by atoms with Crippen LogP contribution in [0.1, 0.15) is 0 Å². The predicted octanol–water partition coefficient (Wildman–Crippen LogP) is 3.75. The second-order valence-corrected chi connectivity index (χ2v) is 6.10. The highest BCUT2D eigenvalue weighted by atomic mass is 19.4. The second kappa shape index (κ2) is 7.38. The summed E-state index contributed by atoms with van der Waals surface area (Å²) in [4.78, 5) is 12.5. The third-order valence-electron chi connectivity index (χ3n) is 4.10. The summed E-state index contributed by atoms with van der Waals surface area (Å²) in [6, 6.07) is 10.8. The van der Waals surface area contributed by atoms with Gasteiger partial charge in [0.15, 0.2) is 17.2 Å². The normalized spacial score (nSPS) is 15.6. The molecule has 0 bridgehead atoms. The molecule has 7 nitrogen and oxygen atoms in total. The molecule has 1 aliphatic heterocycles. The van der Waals surface area contributed by atoms with E-state index in [0.29, 0.717) is 22.6 Å². The van der Waals surface area contributed by atoms with Gasteiger partial charge in [0.05, 0.1) is 11.9 Å². The third kappa shape index (κ3) is 4.26. The Bertz CT molecular complexity index is 1020. The van der Waals surface area contributed by atoms with Crippen LogP contribution >= 0.6 is 0 Å². The fraction of sp³-hybridized carbons (Fsp3) is 0.158. The maximum Gasteiger partial charge on any atom is 0.573 e. The maximum atomic E-state index is 12.9. The number of rotatable bonds is 4. The zero-order valence-corrected chi connectivity index (χ0v) is 14.7. The van der Waals surface area contributed by atoms with Crippen LogP contribution in [-0.2, 0) is 4.79 Å². The van der Waals surface area contributed by atoms with Crippen molar-refractivity contribution in [1.82, 2.24) is 10.2 Å². The van der Waals surface area contributed by atoms with Crippen molar-refractivity contribution in [3.05, 3.63) is 54.9 Å². The summed E-state index contributed by atoms with van der Waals surface area (Å²) in [6.45, 7) is -0.0780. The number of nitrogens with zero attached hydrogens (tertiary/aromatic N) is 1.